The van der Waals surface area contributed by atoms with Gasteiger partial charge in [-0.2, -0.15) is 0 Å². The van der Waals surface area contributed by atoms with Crippen molar-refractivity contribution in [1.29, 1.82) is 5.41 Å². The maximum Gasteiger partial charge on any atom is 0.145 e. The summed E-state index contributed by atoms with van der Waals surface area (Å²) < 4.78 is 0. The third kappa shape index (κ3) is 2.39. The van der Waals surface area contributed by atoms with Crippen LogP contribution in [-0.4, -0.2) is 27.5 Å². The van der Waals surface area contributed by atoms with E-state index in [1.807, 2.05) is 72.5 Å². The molecule has 0 amide bonds. The Labute approximate surface area is 156 Å². The van der Waals surface area contributed by atoms with Gasteiger partial charge in [-0.3, -0.25) is 5.41 Å². The Morgan fingerprint density at radius 2 is 1.89 bits per heavy atom. The zero-order valence-corrected chi connectivity index (χ0v) is 14.8. The van der Waals surface area contributed by atoms with E-state index in [0.717, 1.165) is 33.1 Å². The van der Waals surface area contributed by atoms with E-state index in [0.29, 0.717) is 11.4 Å². The van der Waals surface area contributed by atoms with Crippen LogP contribution in [-0.2, 0) is 0 Å². The van der Waals surface area contributed by atoms with Gasteiger partial charge < -0.3 is 15.0 Å². The summed E-state index contributed by atoms with van der Waals surface area (Å²) in [5.74, 6) is 0.934. The first-order chi connectivity index (χ1) is 13.1. The number of aromatic nitrogens is 2. The van der Waals surface area contributed by atoms with Gasteiger partial charge in [-0.05, 0) is 36.1 Å². The summed E-state index contributed by atoms with van der Waals surface area (Å²) in [6, 6.07) is 20.1. The van der Waals surface area contributed by atoms with Crippen molar-refractivity contribution in [2.45, 2.75) is 6.92 Å². The molecule has 0 saturated carbocycles. The van der Waals surface area contributed by atoms with Crippen molar-refractivity contribution in [3.8, 4) is 0 Å². The zero-order chi connectivity index (χ0) is 18.5. The number of nitrogens with one attached hydrogen (secondary N) is 2. The number of imidazole rings is 1. The molecule has 0 bridgehead atoms. The number of rotatable bonds is 2. The Morgan fingerprint density at radius 3 is 2.78 bits per heavy atom. The van der Waals surface area contributed by atoms with Gasteiger partial charge in [0.15, 0.2) is 0 Å². The summed E-state index contributed by atoms with van der Waals surface area (Å²) in [6.07, 6.45) is 0. The minimum Gasteiger partial charge on any atom is -0.509 e. The van der Waals surface area contributed by atoms with Gasteiger partial charge in [-0.15, -0.1) is 0 Å². The third-order valence-electron chi connectivity index (χ3n) is 5.03. The van der Waals surface area contributed by atoms with Crippen LogP contribution in [0.2, 0.25) is 0 Å². The van der Waals surface area contributed by atoms with Gasteiger partial charge in [0.2, 0.25) is 0 Å². The van der Waals surface area contributed by atoms with E-state index in [-0.39, 0.29) is 18.1 Å². The molecule has 3 aromatic carbocycles. The molecular formula is C22H18N4O. The predicted molar refractivity (Wildman–Crippen MR) is 109 cm³/mol. The lowest BCUT2D eigenvalue weighted by atomic mass is 10.1. The molecule has 27 heavy (non-hydrogen) atoms. The van der Waals surface area contributed by atoms with Crippen molar-refractivity contribution in [2.24, 2.45) is 0 Å². The third-order valence-corrected chi connectivity index (χ3v) is 5.03. The average Bonchev–Trinajstić information content (AvgIpc) is 3.20. The molecule has 1 aromatic heterocycles. The second-order valence-corrected chi connectivity index (χ2v) is 6.86. The Balaban J connectivity index is 1.59. The molecule has 132 valence electrons. The zero-order valence-electron chi connectivity index (χ0n) is 14.8. The quantitative estimate of drug-likeness (QED) is 0.484. The van der Waals surface area contributed by atoms with Crippen LogP contribution in [0.3, 0.4) is 0 Å². The number of aliphatic hydroxyl groups excluding tert-OH is 1. The van der Waals surface area contributed by atoms with Gasteiger partial charge in [0, 0.05) is 5.39 Å². The van der Waals surface area contributed by atoms with Gasteiger partial charge in [0.05, 0.1) is 28.8 Å². The van der Waals surface area contributed by atoms with Gasteiger partial charge in [0.25, 0.3) is 0 Å². The smallest absolute Gasteiger partial charge is 0.145 e. The SMILES string of the molecule is Cc1ccc2nc(C3=C(O)CN(c4cccc5ccccc45)C3=N)[nH]c2c1. The highest BCUT2D eigenvalue weighted by atomic mass is 16.3. The van der Waals surface area contributed by atoms with Crippen molar-refractivity contribution in [3.05, 3.63) is 77.8 Å². The molecule has 5 heteroatoms. The topological polar surface area (TPSA) is 76.0 Å². The molecule has 3 N–H and O–H groups in total. The molecule has 0 fully saturated rings. The second kappa shape index (κ2) is 5.71. The molecule has 1 aliphatic rings. The average molecular weight is 354 g/mol. The van der Waals surface area contributed by atoms with Crippen molar-refractivity contribution in [2.75, 3.05) is 11.4 Å². The van der Waals surface area contributed by atoms with E-state index in [1.54, 1.807) is 0 Å². The minimum absolute atomic E-state index is 0.156. The summed E-state index contributed by atoms with van der Waals surface area (Å²) in [7, 11) is 0. The van der Waals surface area contributed by atoms with Crippen LogP contribution < -0.4 is 4.90 Å². The van der Waals surface area contributed by atoms with Crippen molar-refractivity contribution in [3.63, 3.8) is 0 Å². The molecule has 0 aliphatic carbocycles. The number of fused-ring (bicyclic) bond motifs is 2. The maximum absolute atomic E-state index is 10.6. The molecule has 0 atom stereocenters. The number of aromatic amines is 1. The second-order valence-electron chi connectivity index (χ2n) is 6.86. The molecule has 0 spiro atoms. The van der Waals surface area contributed by atoms with Gasteiger partial charge in [-0.25, -0.2) is 4.98 Å². The van der Waals surface area contributed by atoms with Crippen LogP contribution in [0.4, 0.5) is 5.69 Å². The number of H-pyrrole nitrogens is 1. The Bertz CT molecular complexity index is 1250. The fourth-order valence-electron chi connectivity index (χ4n) is 3.72. The van der Waals surface area contributed by atoms with E-state index >= 15 is 0 Å². The molecule has 2 heterocycles. The fraction of sp³-hybridized carbons (Fsp3) is 0.0909. The highest BCUT2D eigenvalue weighted by Gasteiger charge is 2.32. The lowest BCUT2D eigenvalue weighted by molar-refractivity contribution is 0.411. The normalized spacial score (nSPS) is 14.7. The number of aryl methyl sites for hydroxylation is 1. The highest BCUT2D eigenvalue weighted by Crippen LogP contribution is 2.34. The fourth-order valence-corrected chi connectivity index (χ4v) is 3.72. The molecule has 4 aromatic rings. The van der Waals surface area contributed by atoms with Crippen LogP contribution in [0, 0.1) is 12.3 Å². The summed E-state index contributed by atoms with van der Waals surface area (Å²) in [5.41, 5.74) is 4.23. The molecule has 0 unspecified atom stereocenters. The van der Waals surface area contributed by atoms with Gasteiger partial charge >= 0.3 is 0 Å². The van der Waals surface area contributed by atoms with Crippen LogP contribution in [0.1, 0.15) is 11.4 Å². The van der Waals surface area contributed by atoms with Crippen LogP contribution >= 0.6 is 0 Å². The van der Waals surface area contributed by atoms with Crippen molar-refractivity contribution >= 4 is 38.9 Å². The minimum atomic E-state index is 0.156. The lowest BCUT2D eigenvalue weighted by Crippen LogP contribution is -2.26. The van der Waals surface area contributed by atoms with Gasteiger partial charge in [-0.1, -0.05) is 42.5 Å². The van der Waals surface area contributed by atoms with E-state index < -0.39 is 0 Å². The number of amidine groups is 1. The first-order valence-corrected chi connectivity index (χ1v) is 8.85. The summed E-state index contributed by atoms with van der Waals surface area (Å²) in [6.45, 7) is 2.29. The van der Waals surface area contributed by atoms with E-state index in [2.05, 4.69) is 9.97 Å². The van der Waals surface area contributed by atoms with E-state index in [1.165, 1.54) is 0 Å². The molecule has 0 saturated heterocycles. The first kappa shape index (κ1) is 15.6. The number of nitrogens with zero attached hydrogens (tertiary/aromatic N) is 2. The first-order valence-electron chi connectivity index (χ1n) is 8.85. The largest absolute Gasteiger partial charge is 0.509 e. The maximum atomic E-state index is 10.6. The molecule has 5 rings (SSSR count). The van der Waals surface area contributed by atoms with E-state index in [4.69, 9.17) is 5.41 Å². The molecular weight excluding hydrogens is 336 g/mol. The number of benzene rings is 3. The molecule has 0 radical (unpaired) electrons. The Morgan fingerprint density at radius 1 is 1.07 bits per heavy atom. The van der Waals surface area contributed by atoms with Crippen molar-refractivity contribution < 1.29 is 5.11 Å². The lowest BCUT2D eigenvalue weighted by Gasteiger charge is -2.20. The molecule has 1 aliphatic heterocycles. The monoisotopic (exact) mass is 354 g/mol. The van der Waals surface area contributed by atoms with Gasteiger partial charge in [0.1, 0.15) is 17.4 Å². The number of anilines is 1. The summed E-state index contributed by atoms with van der Waals surface area (Å²) >= 11 is 0. The number of hydrogen-bond donors (Lipinski definition) is 3. The molecule has 5 nitrogen and oxygen atoms in total. The predicted octanol–water partition coefficient (Wildman–Crippen LogP) is 4.79. The summed E-state index contributed by atoms with van der Waals surface area (Å²) in [4.78, 5) is 9.66. The Hall–Kier alpha value is -3.60. The van der Waals surface area contributed by atoms with E-state index in [9.17, 15) is 5.11 Å². The number of hydrogen-bond acceptors (Lipinski definition) is 3. The standard InChI is InChI=1S/C22H18N4O/c1-13-9-10-16-17(11-13)25-22(24-16)20-19(27)12-26(21(20)23)18-8-4-6-14-5-2-3-7-15(14)18/h2-11,23,27H,12H2,1H3,(H,24,25). The van der Waals surface area contributed by atoms with Crippen LogP contribution in [0.15, 0.2) is 66.4 Å². The summed E-state index contributed by atoms with van der Waals surface area (Å²) in [5, 5.41) is 21.5. The highest BCUT2D eigenvalue weighted by molar-refractivity contribution is 6.31. The van der Waals surface area contributed by atoms with Crippen molar-refractivity contribution in [1.82, 2.24) is 9.97 Å². The Kier molecular flexibility index (Phi) is 3.31. The van der Waals surface area contributed by atoms with Crippen LogP contribution in [0.5, 0.6) is 0 Å². The van der Waals surface area contributed by atoms with Crippen LogP contribution in [0.25, 0.3) is 27.4 Å². The number of aliphatic hydroxyl groups is 1.